The van der Waals surface area contributed by atoms with Gasteiger partial charge in [0.2, 0.25) is 10.0 Å². The number of nitrogens with one attached hydrogen (secondary N) is 1. The zero-order valence-corrected chi connectivity index (χ0v) is 7.79. The molecule has 0 unspecified atom stereocenters. The number of hydrogen-bond acceptors (Lipinski definition) is 3. The third-order valence-corrected chi connectivity index (χ3v) is 3.91. The molecule has 0 atom stereocenters. The minimum Gasteiger partial charge on any atom is -0.366 e. The normalized spacial score (nSPS) is 20.1. The standard InChI is InChI=1S/C7H11N3O2S/c8-6-4-10(5-6)13(11,12)7-1-2-9-3-7/h1-3,6,9H,4-5,8H2. The van der Waals surface area contributed by atoms with E-state index in [0.29, 0.717) is 18.0 Å². The van der Waals surface area contributed by atoms with Gasteiger partial charge in [-0.3, -0.25) is 0 Å². The van der Waals surface area contributed by atoms with Gasteiger partial charge in [0.15, 0.2) is 0 Å². The fourth-order valence-electron chi connectivity index (χ4n) is 1.28. The number of sulfonamides is 1. The molecule has 72 valence electrons. The molecule has 5 nitrogen and oxygen atoms in total. The largest absolute Gasteiger partial charge is 0.366 e. The van der Waals surface area contributed by atoms with Crippen LogP contribution >= 0.6 is 0 Å². The molecule has 1 aromatic rings. The van der Waals surface area contributed by atoms with E-state index >= 15 is 0 Å². The zero-order valence-electron chi connectivity index (χ0n) is 6.97. The first-order valence-electron chi connectivity index (χ1n) is 3.99. The number of nitrogens with zero attached hydrogens (tertiary/aromatic N) is 1. The summed E-state index contributed by atoms with van der Waals surface area (Å²) in [5.74, 6) is 0. The zero-order chi connectivity index (χ0) is 9.47. The van der Waals surface area contributed by atoms with Gasteiger partial charge in [0.25, 0.3) is 0 Å². The maximum absolute atomic E-state index is 11.7. The summed E-state index contributed by atoms with van der Waals surface area (Å²) in [6.45, 7) is 0.848. The van der Waals surface area contributed by atoms with Gasteiger partial charge in [-0.1, -0.05) is 0 Å². The lowest BCUT2D eigenvalue weighted by Crippen LogP contribution is -2.57. The van der Waals surface area contributed by atoms with Crippen LogP contribution in [0.2, 0.25) is 0 Å². The summed E-state index contributed by atoms with van der Waals surface area (Å²) in [5.41, 5.74) is 5.51. The van der Waals surface area contributed by atoms with Gasteiger partial charge >= 0.3 is 0 Å². The van der Waals surface area contributed by atoms with E-state index in [9.17, 15) is 8.42 Å². The molecule has 0 radical (unpaired) electrons. The third kappa shape index (κ3) is 1.37. The molecule has 3 N–H and O–H groups in total. The van der Waals surface area contributed by atoms with Gasteiger partial charge < -0.3 is 10.7 Å². The maximum atomic E-state index is 11.7. The van der Waals surface area contributed by atoms with Crippen LogP contribution in [0.25, 0.3) is 0 Å². The quantitative estimate of drug-likeness (QED) is 0.667. The minimum atomic E-state index is -3.27. The maximum Gasteiger partial charge on any atom is 0.244 e. The molecule has 0 bridgehead atoms. The van der Waals surface area contributed by atoms with E-state index in [1.807, 2.05) is 0 Å². The molecular weight excluding hydrogens is 190 g/mol. The molecule has 2 heterocycles. The summed E-state index contributed by atoms with van der Waals surface area (Å²) in [4.78, 5) is 3.02. The summed E-state index contributed by atoms with van der Waals surface area (Å²) in [6.07, 6.45) is 3.06. The number of H-pyrrole nitrogens is 1. The van der Waals surface area contributed by atoms with Gasteiger partial charge in [-0.05, 0) is 6.07 Å². The first-order chi connectivity index (χ1) is 6.10. The number of hydrogen-bond donors (Lipinski definition) is 2. The van der Waals surface area contributed by atoms with Crippen LogP contribution in [-0.2, 0) is 10.0 Å². The van der Waals surface area contributed by atoms with Gasteiger partial charge in [-0.15, -0.1) is 0 Å². The van der Waals surface area contributed by atoms with Crippen molar-refractivity contribution in [1.82, 2.24) is 9.29 Å². The van der Waals surface area contributed by atoms with Crippen molar-refractivity contribution in [2.24, 2.45) is 5.73 Å². The molecule has 1 saturated heterocycles. The first-order valence-corrected chi connectivity index (χ1v) is 5.43. The van der Waals surface area contributed by atoms with Crippen LogP contribution in [0, 0.1) is 0 Å². The van der Waals surface area contributed by atoms with E-state index in [1.54, 1.807) is 12.3 Å². The summed E-state index contributed by atoms with van der Waals surface area (Å²) >= 11 is 0. The second-order valence-electron chi connectivity index (χ2n) is 3.13. The highest BCUT2D eigenvalue weighted by atomic mass is 32.2. The summed E-state index contributed by atoms with van der Waals surface area (Å²) in [7, 11) is -3.27. The molecule has 1 aromatic heterocycles. The molecule has 1 fully saturated rings. The molecule has 6 heteroatoms. The Hall–Kier alpha value is -0.850. The van der Waals surface area contributed by atoms with E-state index in [2.05, 4.69) is 4.98 Å². The Morgan fingerprint density at radius 1 is 1.54 bits per heavy atom. The van der Waals surface area contributed by atoms with Crippen LogP contribution in [0.1, 0.15) is 0 Å². The van der Waals surface area contributed by atoms with Crippen molar-refractivity contribution in [3.8, 4) is 0 Å². The molecule has 0 spiro atoms. The van der Waals surface area contributed by atoms with Crippen LogP contribution in [-0.4, -0.2) is 36.8 Å². The Labute approximate surface area is 76.6 Å². The van der Waals surface area contributed by atoms with Crippen LogP contribution < -0.4 is 5.73 Å². The highest BCUT2D eigenvalue weighted by Crippen LogP contribution is 2.19. The lowest BCUT2D eigenvalue weighted by molar-refractivity contribution is 0.265. The van der Waals surface area contributed by atoms with Crippen LogP contribution in [0.3, 0.4) is 0 Å². The predicted molar refractivity (Wildman–Crippen MR) is 47.5 cm³/mol. The molecule has 0 amide bonds. The van der Waals surface area contributed by atoms with Gasteiger partial charge in [0, 0.05) is 31.5 Å². The second-order valence-corrected chi connectivity index (χ2v) is 5.07. The van der Waals surface area contributed by atoms with E-state index < -0.39 is 10.0 Å². The smallest absolute Gasteiger partial charge is 0.244 e. The molecule has 1 aliphatic heterocycles. The lowest BCUT2D eigenvalue weighted by Gasteiger charge is -2.35. The molecule has 0 aliphatic carbocycles. The van der Waals surface area contributed by atoms with Crippen LogP contribution in [0.4, 0.5) is 0 Å². The van der Waals surface area contributed by atoms with Crippen LogP contribution in [0.15, 0.2) is 23.4 Å². The highest BCUT2D eigenvalue weighted by molar-refractivity contribution is 7.89. The molecule has 1 aliphatic rings. The van der Waals surface area contributed by atoms with Gasteiger partial charge in [0.05, 0.1) is 4.90 Å². The van der Waals surface area contributed by atoms with Crippen LogP contribution in [0.5, 0.6) is 0 Å². The van der Waals surface area contributed by atoms with Crippen molar-refractivity contribution in [2.45, 2.75) is 10.9 Å². The summed E-state index contributed by atoms with van der Waals surface area (Å²) < 4.78 is 24.7. The number of aromatic nitrogens is 1. The van der Waals surface area contributed by atoms with Crippen molar-refractivity contribution >= 4 is 10.0 Å². The summed E-state index contributed by atoms with van der Waals surface area (Å²) in [5, 5.41) is 0. The molecule has 13 heavy (non-hydrogen) atoms. The van der Waals surface area contributed by atoms with Crippen molar-refractivity contribution < 1.29 is 8.42 Å². The SMILES string of the molecule is NC1CN(S(=O)(=O)c2cc[nH]c2)C1. The minimum absolute atomic E-state index is 0.00582. The molecule has 2 rings (SSSR count). The Kier molecular flexibility index (Phi) is 1.90. The summed E-state index contributed by atoms with van der Waals surface area (Å²) in [6, 6.07) is 1.54. The number of rotatable bonds is 2. The van der Waals surface area contributed by atoms with Crippen molar-refractivity contribution in [3.05, 3.63) is 18.5 Å². The van der Waals surface area contributed by atoms with Crippen molar-refractivity contribution in [2.75, 3.05) is 13.1 Å². The van der Waals surface area contributed by atoms with E-state index in [1.165, 1.54) is 10.5 Å². The Morgan fingerprint density at radius 2 is 2.23 bits per heavy atom. The Bertz CT molecular complexity index is 378. The van der Waals surface area contributed by atoms with Gasteiger partial charge in [0.1, 0.15) is 0 Å². The third-order valence-electron chi connectivity index (χ3n) is 2.08. The average Bonchev–Trinajstić information content (AvgIpc) is 2.50. The lowest BCUT2D eigenvalue weighted by atomic mass is 10.2. The highest BCUT2D eigenvalue weighted by Gasteiger charge is 2.34. The average molecular weight is 201 g/mol. The first kappa shape index (κ1) is 8.74. The topological polar surface area (TPSA) is 79.2 Å². The molecular formula is C7H11N3O2S. The molecule has 0 aromatic carbocycles. The monoisotopic (exact) mass is 201 g/mol. The van der Waals surface area contributed by atoms with E-state index in [-0.39, 0.29) is 6.04 Å². The van der Waals surface area contributed by atoms with Gasteiger partial charge in [-0.25, -0.2) is 8.42 Å². The van der Waals surface area contributed by atoms with E-state index in [0.717, 1.165) is 0 Å². The predicted octanol–water partition coefficient (Wildman–Crippen LogP) is -0.654. The van der Waals surface area contributed by atoms with Crippen molar-refractivity contribution in [3.63, 3.8) is 0 Å². The number of aromatic amines is 1. The fraction of sp³-hybridized carbons (Fsp3) is 0.429. The van der Waals surface area contributed by atoms with Gasteiger partial charge in [-0.2, -0.15) is 4.31 Å². The Balaban J connectivity index is 2.23. The Morgan fingerprint density at radius 3 is 2.69 bits per heavy atom. The fourth-order valence-corrected chi connectivity index (χ4v) is 2.81. The van der Waals surface area contributed by atoms with E-state index in [4.69, 9.17) is 5.73 Å². The molecule has 0 saturated carbocycles. The number of nitrogens with two attached hydrogens (primary N) is 1. The van der Waals surface area contributed by atoms with Crippen molar-refractivity contribution in [1.29, 1.82) is 0 Å². The second kappa shape index (κ2) is 2.83.